The molecule has 100 valence electrons. The lowest BCUT2D eigenvalue weighted by atomic mass is 9.81. The summed E-state index contributed by atoms with van der Waals surface area (Å²) < 4.78 is 0. The number of rotatable bonds is 0. The summed E-state index contributed by atoms with van der Waals surface area (Å²) in [6.45, 7) is 0. The highest BCUT2D eigenvalue weighted by molar-refractivity contribution is 6.33. The number of oxime groups is 1. The van der Waals surface area contributed by atoms with Crippen LogP contribution in [0.2, 0.25) is 0 Å². The van der Waals surface area contributed by atoms with Crippen molar-refractivity contribution in [3.63, 3.8) is 0 Å². The quantitative estimate of drug-likeness (QED) is 0.393. The number of carbonyl (C=O) groups is 1. The van der Waals surface area contributed by atoms with Gasteiger partial charge in [0.05, 0.1) is 0 Å². The Kier molecular flexibility index (Phi) is 2.42. The second-order valence-electron chi connectivity index (χ2n) is 5.03. The number of hydrogen-bond donors (Lipinski definition) is 1. The fourth-order valence-corrected chi connectivity index (χ4v) is 2.99. The summed E-state index contributed by atoms with van der Waals surface area (Å²) in [6, 6.07) is 18.8. The minimum absolute atomic E-state index is 0.0233. The molecule has 0 unspecified atom stereocenters. The summed E-state index contributed by atoms with van der Waals surface area (Å²) >= 11 is 0. The summed E-state index contributed by atoms with van der Waals surface area (Å²) in [7, 11) is 0. The van der Waals surface area contributed by atoms with Crippen molar-refractivity contribution in [2.24, 2.45) is 5.16 Å². The van der Waals surface area contributed by atoms with E-state index in [4.69, 9.17) is 0 Å². The summed E-state index contributed by atoms with van der Waals surface area (Å²) in [5.41, 5.74) is 2.99. The molecule has 1 aliphatic carbocycles. The van der Waals surface area contributed by atoms with E-state index >= 15 is 0 Å². The summed E-state index contributed by atoms with van der Waals surface area (Å²) in [6.07, 6.45) is 0. The lowest BCUT2D eigenvalue weighted by Gasteiger charge is -2.20. The first-order chi connectivity index (χ1) is 10.3. The third-order valence-electron chi connectivity index (χ3n) is 3.94. The third-order valence-corrected chi connectivity index (χ3v) is 3.94. The zero-order valence-electron chi connectivity index (χ0n) is 11.1. The maximum Gasteiger partial charge on any atom is 0.195 e. The number of nitrogens with zero attached hydrogens (tertiary/aromatic N) is 1. The molecule has 0 bridgehead atoms. The molecule has 0 fully saturated rings. The molecule has 0 heterocycles. The van der Waals surface area contributed by atoms with Crippen molar-refractivity contribution < 1.29 is 10.0 Å². The predicted octanol–water partition coefficient (Wildman–Crippen LogP) is 3.61. The van der Waals surface area contributed by atoms with Crippen LogP contribution in [-0.2, 0) is 0 Å². The Labute approximate surface area is 121 Å². The fraction of sp³-hybridized carbons (Fsp3) is 0. The van der Waals surface area contributed by atoms with Crippen LogP contribution in [0.1, 0.15) is 27.0 Å². The Bertz CT molecular complexity index is 925. The normalized spacial score (nSPS) is 15.0. The minimum atomic E-state index is -0.0233. The van der Waals surface area contributed by atoms with Gasteiger partial charge in [0.15, 0.2) is 5.78 Å². The second kappa shape index (κ2) is 4.28. The van der Waals surface area contributed by atoms with Crippen LogP contribution >= 0.6 is 0 Å². The largest absolute Gasteiger partial charge is 0.410 e. The van der Waals surface area contributed by atoms with E-state index in [1.165, 1.54) is 0 Å². The van der Waals surface area contributed by atoms with Gasteiger partial charge in [0.1, 0.15) is 5.71 Å². The smallest absolute Gasteiger partial charge is 0.195 e. The van der Waals surface area contributed by atoms with Crippen molar-refractivity contribution in [2.75, 3.05) is 0 Å². The molecule has 0 aromatic heterocycles. The second-order valence-corrected chi connectivity index (χ2v) is 5.03. The Morgan fingerprint density at radius 3 is 2.29 bits per heavy atom. The average molecular weight is 273 g/mol. The Morgan fingerprint density at radius 1 is 0.762 bits per heavy atom. The van der Waals surface area contributed by atoms with Gasteiger partial charge in [-0.15, -0.1) is 0 Å². The lowest BCUT2D eigenvalue weighted by molar-refractivity contribution is 0.103. The molecule has 0 atom stereocenters. The van der Waals surface area contributed by atoms with Gasteiger partial charge in [0, 0.05) is 22.3 Å². The molecule has 0 saturated heterocycles. The molecule has 21 heavy (non-hydrogen) atoms. The predicted molar refractivity (Wildman–Crippen MR) is 81.2 cm³/mol. The summed E-state index contributed by atoms with van der Waals surface area (Å²) in [5.74, 6) is -0.0233. The Hall–Kier alpha value is -2.94. The molecule has 0 saturated carbocycles. The van der Waals surface area contributed by atoms with E-state index in [1.54, 1.807) is 12.1 Å². The number of fused-ring (bicyclic) bond motifs is 4. The molecule has 0 amide bonds. The Morgan fingerprint density at radius 2 is 1.48 bits per heavy atom. The average Bonchev–Trinajstić information content (AvgIpc) is 2.55. The van der Waals surface area contributed by atoms with Gasteiger partial charge in [-0.2, -0.15) is 0 Å². The van der Waals surface area contributed by atoms with Gasteiger partial charge >= 0.3 is 0 Å². The number of benzene rings is 3. The number of hydrogen-bond acceptors (Lipinski definition) is 3. The van der Waals surface area contributed by atoms with Gasteiger partial charge in [-0.25, -0.2) is 0 Å². The van der Waals surface area contributed by atoms with Crippen molar-refractivity contribution in [2.45, 2.75) is 0 Å². The first-order valence-corrected chi connectivity index (χ1v) is 6.69. The monoisotopic (exact) mass is 273 g/mol. The van der Waals surface area contributed by atoms with E-state index in [0.717, 1.165) is 10.8 Å². The lowest BCUT2D eigenvalue weighted by Crippen LogP contribution is -2.21. The molecule has 3 nitrogen and oxygen atoms in total. The highest BCUT2D eigenvalue weighted by atomic mass is 16.4. The molecule has 3 aromatic carbocycles. The van der Waals surface area contributed by atoms with E-state index in [-0.39, 0.29) is 5.78 Å². The molecule has 3 aromatic rings. The molecule has 3 heteroatoms. The van der Waals surface area contributed by atoms with Crippen LogP contribution < -0.4 is 0 Å². The van der Waals surface area contributed by atoms with Gasteiger partial charge in [-0.1, -0.05) is 65.8 Å². The van der Waals surface area contributed by atoms with Crippen LogP contribution in [-0.4, -0.2) is 16.7 Å². The van der Waals surface area contributed by atoms with Crippen LogP contribution in [0, 0.1) is 0 Å². The van der Waals surface area contributed by atoms with Crippen LogP contribution in [0.15, 0.2) is 65.8 Å². The molecular formula is C18H11NO2. The zero-order chi connectivity index (χ0) is 14.4. The molecular weight excluding hydrogens is 262 g/mol. The van der Waals surface area contributed by atoms with Crippen molar-refractivity contribution in [3.05, 3.63) is 82.9 Å². The molecule has 4 rings (SSSR count). The number of ketones is 1. The van der Waals surface area contributed by atoms with Crippen LogP contribution in [0.4, 0.5) is 0 Å². The van der Waals surface area contributed by atoms with Gasteiger partial charge in [0.25, 0.3) is 0 Å². The Balaban J connectivity index is 2.16. The molecule has 0 spiro atoms. The molecule has 0 aliphatic heterocycles. The molecule has 1 N–H and O–H groups in total. The van der Waals surface area contributed by atoms with Crippen molar-refractivity contribution in [1.29, 1.82) is 0 Å². The zero-order valence-corrected chi connectivity index (χ0v) is 11.1. The molecule has 0 radical (unpaired) electrons. The van der Waals surface area contributed by atoms with Gasteiger partial charge in [-0.05, 0) is 10.8 Å². The van der Waals surface area contributed by atoms with E-state index in [1.807, 2.05) is 48.5 Å². The third kappa shape index (κ3) is 1.54. The maximum atomic E-state index is 12.8. The molecule has 1 aliphatic rings. The highest BCUT2D eigenvalue weighted by Crippen LogP contribution is 2.32. The number of carbonyl (C=O) groups excluding carboxylic acids is 1. The fourth-order valence-electron chi connectivity index (χ4n) is 2.99. The summed E-state index contributed by atoms with van der Waals surface area (Å²) in [4.78, 5) is 12.8. The maximum absolute atomic E-state index is 12.8. The van der Waals surface area contributed by atoms with Crippen molar-refractivity contribution >= 4 is 22.3 Å². The van der Waals surface area contributed by atoms with Gasteiger partial charge in [0.2, 0.25) is 0 Å². The van der Waals surface area contributed by atoms with Crippen LogP contribution in [0.3, 0.4) is 0 Å². The van der Waals surface area contributed by atoms with Gasteiger partial charge in [-0.3, -0.25) is 4.79 Å². The standard InChI is InChI=1S/C18H11NO2/c20-18-14-8-4-3-7-13(14)17(19-21)15-10-9-11-5-1-2-6-12(11)16(15)18/h1-10,21H/b19-17-. The minimum Gasteiger partial charge on any atom is -0.410 e. The van der Waals surface area contributed by atoms with Gasteiger partial charge < -0.3 is 5.21 Å². The van der Waals surface area contributed by atoms with E-state index in [0.29, 0.717) is 28.0 Å². The van der Waals surface area contributed by atoms with E-state index < -0.39 is 0 Å². The van der Waals surface area contributed by atoms with Crippen molar-refractivity contribution in [1.82, 2.24) is 0 Å². The summed E-state index contributed by atoms with van der Waals surface area (Å²) in [5, 5.41) is 14.7. The highest BCUT2D eigenvalue weighted by Gasteiger charge is 2.29. The SMILES string of the molecule is O=C1c2ccccc2/C(=N/O)c2ccc3ccccc3c21. The van der Waals surface area contributed by atoms with Crippen LogP contribution in [0.5, 0.6) is 0 Å². The van der Waals surface area contributed by atoms with Crippen molar-refractivity contribution in [3.8, 4) is 0 Å². The van der Waals surface area contributed by atoms with E-state index in [2.05, 4.69) is 5.16 Å². The van der Waals surface area contributed by atoms with Crippen LogP contribution in [0.25, 0.3) is 10.8 Å². The van der Waals surface area contributed by atoms with E-state index in [9.17, 15) is 10.0 Å². The first kappa shape index (κ1) is 11.9. The topological polar surface area (TPSA) is 49.7 Å². The first-order valence-electron chi connectivity index (χ1n) is 6.69.